The molecule has 0 aliphatic heterocycles. The fourth-order valence-corrected chi connectivity index (χ4v) is 2.13. The largest absolute Gasteiger partial charge is 0.369 e. The van der Waals surface area contributed by atoms with Crippen LogP contribution in [0.4, 0.5) is 10.3 Å². The van der Waals surface area contributed by atoms with Crippen molar-refractivity contribution < 1.29 is 4.39 Å². The van der Waals surface area contributed by atoms with Gasteiger partial charge in [0.1, 0.15) is 5.82 Å². The fraction of sp³-hybridized carbons (Fsp3) is 0.143. The number of rotatable bonds is 3. The third-order valence-corrected chi connectivity index (χ3v) is 3.06. The number of nitrogen functional groups attached to an aromatic ring is 1. The molecule has 0 saturated carbocycles. The Bertz CT molecular complexity index is 706. The summed E-state index contributed by atoms with van der Waals surface area (Å²) >= 11 is 0. The summed E-state index contributed by atoms with van der Waals surface area (Å²) in [6.07, 6.45) is 2.52. The molecule has 0 atom stereocenters. The predicted octanol–water partition coefficient (Wildman–Crippen LogP) is 2.40. The summed E-state index contributed by atoms with van der Waals surface area (Å²) in [7, 11) is 0. The minimum absolute atomic E-state index is 0.304. The number of aromatic nitrogens is 3. The molecular formula is C14H13FN4. The zero-order valence-electron chi connectivity index (χ0n) is 10.3. The van der Waals surface area contributed by atoms with Gasteiger partial charge in [0.05, 0.1) is 11.0 Å². The maximum atomic E-state index is 13.1. The molecule has 1 aromatic carbocycles. The van der Waals surface area contributed by atoms with E-state index in [9.17, 15) is 4.39 Å². The molecule has 0 unspecified atom stereocenters. The first-order chi connectivity index (χ1) is 9.24. The van der Waals surface area contributed by atoms with E-state index in [1.807, 2.05) is 22.8 Å². The topological polar surface area (TPSA) is 56.7 Å². The maximum Gasteiger partial charge on any atom is 0.201 e. The van der Waals surface area contributed by atoms with Crippen LogP contribution in [0, 0.1) is 5.82 Å². The van der Waals surface area contributed by atoms with Crippen molar-refractivity contribution in [2.45, 2.75) is 13.0 Å². The van der Waals surface area contributed by atoms with E-state index in [1.165, 1.54) is 12.1 Å². The molecule has 4 nitrogen and oxygen atoms in total. The number of hydrogen-bond acceptors (Lipinski definition) is 3. The summed E-state index contributed by atoms with van der Waals surface area (Å²) in [4.78, 5) is 8.43. The van der Waals surface area contributed by atoms with Gasteiger partial charge in [-0.15, -0.1) is 0 Å². The van der Waals surface area contributed by atoms with E-state index in [0.717, 1.165) is 17.6 Å². The van der Waals surface area contributed by atoms with Crippen LogP contribution in [0.5, 0.6) is 0 Å². The van der Waals surface area contributed by atoms with Crippen LogP contribution in [0.3, 0.4) is 0 Å². The van der Waals surface area contributed by atoms with Gasteiger partial charge in [-0.2, -0.15) is 0 Å². The third kappa shape index (κ3) is 2.27. The Kier molecular flexibility index (Phi) is 2.87. The first-order valence-corrected chi connectivity index (χ1v) is 6.05. The summed E-state index contributed by atoms with van der Waals surface area (Å²) in [5, 5.41) is 0. The average Bonchev–Trinajstić information content (AvgIpc) is 2.72. The van der Waals surface area contributed by atoms with Crippen molar-refractivity contribution >= 4 is 17.0 Å². The normalized spacial score (nSPS) is 11.0. The lowest BCUT2D eigenvalue weighted by Crippen LogP contribution is -2.06. The van der Waals surface area contributed by atoms with E-state index in [4.69, 9.17) is 5.73 Å². The number of aryl methyl sites for hydroxylation is 2. The minimum atomic E-state index is -0.304. The van der Waals surface area contributed by atoms with Crippen molar-refractivity contribution in [3.63, 3.8) is 0 Å². The molecule has 0 bridgehead atoms. The van der Waals surface area contributed by atoms with Crippen molar-refractivity contribution in [1.82, 2.24) is 14.5 Å². The molecule has 0 aliphatic rings. The second-order valence-electron chi connectivity index (χ2n) is 4.33. The summed E-state index contributed by atoms with van der Waals surface area (Å²) < 4.78 is 15.0. The van der Waals surface area contributed by atoms with Crippen molar-refractivity contribution in [3.05, 3.63) is 54.1 Å². The van der Waals surface area contributed by atoms with Gasteiger partial charge in [-0.3, -0.25) is 4.98 Å². The van der Waals surface area contributed by atoms with Gasteiger partial charge in [-0.1, -0.05) is 6.07 Å². The van der Waals surface area contributed by atoms with Crippen LogP contribution >= 0.6 is 0 Å². The van der Waals surface area contributed by atoms with Gasteiger partial charge in [0, 0.05) is 30.9 Å². The molecule has 0 saturated heterocycles. The minimum Gasteiger partial charge on any atom is -0.369 e. The number of anilines is 1. The first-order valence-electron chi connectivity index (χ1n) is 6.05. The van der Waals surface area contributed by atoms with Crippen LogP contribution in [0.2, 0.25) is 0 Å². The molecule has 2 heterocycles. The standard InChI is InChI=1S/C14H13FN4/c15-10-4-5-13-12(9-10)18-14(16)19(13)8-6-11-3-1-2-7-17-11/h1-5,7,9H,6,8H2,(H2,16,18). The molecule has 96 valence electrons. The number of nitrogens with two attached hydrogens (primary N) is 1. The third-order valence-electron chi connectivity index (χ3n) is 3.06. The highest BCUT2D eigenvalue weighted by atomic mass is 19.1. The molecule has 3 rings (SSSR count). The summed E-state index contributed by atoms with van der Waals surface area (Å²) in [6, 6.07) is 10.3. The second-order valence-corrected chi connectivity index (χ2v) is 4.33. The van der Waals surface area contributed by atoms with E-state index < -0.39 is 0 Å². The van der Waals surface area contributed by atoms with Crippen LogP contribution in [0.25, 0.3) is 11.0 Å². The number of fused-ring (bicyclic) bond motifs is 1. The average molecular weight is 256 g/mol. The molecule has 0 spiro atoms. The van der Waals surface area contributed by atoms with Gasteiger partial charge in [0.2, 0.25) is 5.95 Å². The molecule has 0 aliphatic carbocycles. The van der Waals surface area contributed by atoms with Crippen LogP contribution in [0.15, 0.2) is 42.6 Å². The lowest BCUT2D eigenvalue weighted by Gasteiger charge is -2.05. The van der Waals surface area contributed by atoms with Gasteiger partial charge < -0.3 is 10.3 Å². The number of imidazole rings is 1. The summed E-state index contributed by atoms with van der Waals surface area (Å²) in [5.41, 5.74) is 8.29. The van der Waals surface area contributed by atoms with Gasteiger partial charge in [0.25, 0.3) is 0 Å². The number of pyridine rings is 1. The highest BCUT2D eigenvalue weighted by molar-refractivity contribution is 5.78. The maximum absolute atomic E-state index is 13.1. The predicted molar refractivity (Wildman–Crippen MR) is 72.0 cm³/mol. The van der Waals surface area contributed by atoms with E-state index >= 15 is 0 Å². The van der Waals surface area contributed by atoms with Crippen molar-refractivity contribution in [2.75, 3.05) is 5.73 Å². The second kappa shape index (κ2) is 4.68. The Labute approximate surface area is 109 Å². The molecular weight excluding hydrogens is 243 g/mol. The molecule has 19 heavy (non-hydrogen) atoms. The van der Waals surface area contributed by atoms with Crippen LogP contribution in [0.1, 0.15) is 5.69 Å². The van der Waals surface area contributed by atoms with Gasteiger partial charge in [0.15, 0.2) is 0 Å². The molecule has 0 amide bonds. The quantitative estimate of drug-likeness (QED) is 0.782. The van der Waals surface area contributed by atoms with Crippen molar-refractivity contribution in [2.24, 2.45) is 0 Å². The Morgan fingerprint density at radius 3 is 2.89 bits per heavy atom. The smallest absolute Gasteiger partial charge is 0.201 e. The molecule has 3 aromatic rings. The highest BCUT2D eigenvalue weighted by Gasteiger charge is 2.08. The molecule has 0 radical (unpaired) electrons. The zero-order valence-corrected chi connectivity index (χ0v) is 10.3. The van der Waals surface area contributed by atoms with Crippen LogP contribution in [-0.4, -0.2) is 14.5 Å². The van der Waals surface area contributed by atoms with Gasteiger partial charge in [-0.25, -0.2) is 9.37 Å². The van der Waals surface area contributed by atoms with Crippen molar-refractivity contribution in [3.8, 4) is 0 Å². The molecule has 2 aromatic heterocycles. The van der Waals surface area contributed by atoms with E-state index in [0.29, 0.717) is 18.0 Å². The number of nitrogens with zero attached hydrogens (tertiary/aromatic N) is 3. The van der Waals surface area contributed by atoms with E-state index in [-0.39, 0.29) is 5.82 Å². The Hall–Kier alpha value is -2.43. The van der Waals surface area contributed by atoms with Gasteiger partial charge in [-0.05, 0) is 24.3 Å². The Morgan fingerprint density at radius 1 is 1.21 bits per heavy atom. The number of hydrogen-bond donors (Lipinski definition) is 1. The SMILES string of the molecule is Nc1nc2cc(F)ccc2n1CCc1ccccn1. The number of benzene rings is 1. The lowest BCUT2D eigenvalue weighted by molar-refractivity contribution is 0.629. The lowest BCUT2D eigenvalue weighted by atomic mass is 10.2. The van der Waals surface area contributed by atoms with E-state index in [2.05, 4.69) is 9.97 Å². The summed E-state index contributed by atoms with van der Waals surface area (Å²) in [6.45, 7) is 0.672. The number of halogens is 1. The Balaban J connectivity index is 1.90. The van der Waals surface area contributed by atoms with Crippen LogP contribution < -0.4 is 5.73 Å². The highest BCUT2D eigenvalue weighted by Crippen LogP contribution is 2.19. The van der Waals surface area contributed by atoms with Crippen molar-refractivity contribution in [1.29, 1.82) is 0 Å². The summed E-state index contributed by atoms with van der Waals surface area (Å²) in [5.74, 6) is 0.0957. The molecule has 5 heteroatoms. The first kappa shape index (κ1) is 11.6. The van der Waals surface area contributed by atoms with E-state index in [1.54, 1.807) is 12.3 Å². The van der Waals surface area contributed by atoms with Crippen LogP contribution in [-0.2, 0) is 13.0 Å². The molecule has 0 fully saturated rings. The van der Waals surface area contributed by atoms with Gasteiger partial charge >= 0.3 is 0 Å². The molecule has 2 N–H and O–H groups in total. The zero-order chi connectivity index (χ0) is 13.2. The fourth-order valence-electron chi connectivity index (χ4n) is 2.13. The Morgan fingerprint density at radius 2 is 2.11 bits per heavy atom. The monoisotopic (exact) mass is 256 g/mol.